The molecule has 0 saturated carbocycles. The second-order valence-corrected chi connectivity index (χ2v) is 12.2. The molecular weight excluding hydrogens is 628 g/mol. The lowest BCUT2D eigenvalue weighted by Gasteiger charge is -2.15. The average molecular weight is 673 g/mol. The van der Waals surface area contributed by atoms with Gasteiger partial charge in [0, 0.05) is 43.1 Å². The Morgan fingerprint density at radius 1 is 0.787 bits per heavy atom. The largest absolute Gasteiger partial charge is 0.497 e. The van der Waals surface area contributed by atoms with Crippen LogP contribution in [0.2, 0.25) is 0 Å². The quantitative estimate of drug-likeness (QED) is 0.216. The van der Waals surface area contributed by atoms with Gasteiger partial charge in [0.2, 0.25) is 0 Å². The number of ether oxygens (including phenoxy) is 4. The second-order valence-electron chi connectivity index (χ2n) is 10.6. The summed E-state index contributed by atoms with van der Waals surface area (Å²) in [7, 11) is -0.488. The third kappa shape index (κ3) is 11.6. The number of nitrogen functional groups attached to an aromatic ring is 1. The van der Waals surface area contributed by atoms with Crippen molar-refractivity contribution in [2.75, 3.05) is 77.8 Å². The Labute approximate surface area is 276 Å². The Balaban J connectivity index is 0.000000201. The lowest BCUT2D eigenvalue weighted by atomic mass is 10.2. The number of nitrogens with two attached hydrogens (primary N) is 1. The van der Waals surface area contributed by atoms with Crippen molar-refractivity contribution in [3.63, 3.8) is 0 Å². The van der Waals surface area contributed by atoms with Crippen LogP contribution in [0.5, 0.6) is 11.5 Å². The number of benzene rings is 3. The number of hydrogen-bond donors (Lipinski definition) is 2. The molecule has 256 valence electrons. The first kappa shape index (κ1) is 36.8. The summed E-state index contributed by atoms with van der Waals surface area (Å²) in [5.74, 6) is 1.63. The molecule has 5 rings (SSSR count). The Morgan fingerprint density at radius 3 is 1.87 bits per heavy atom. The van der Waals surface area contributed by atoms with E-state index in [9.17, 15) is 18.0 Å². The van der Waals surface area contributed by atoms with Gasteiger partial charge in [-0.15, -0.1) is 0 Å². The first-order valence-electron chi connectivity index (χ1n) is 15.0. The number of nitrogens with zero attached hydrogens (tertiary/aromatic N) is 2. The Morgan fingerprint density at radius 2 is 1.34 bits per heavy atom. The predicted octanol–water partition coefficient (Wildman–Crippen LogP) is 4.61. The third-order valence-corrected chi connectivity index (χ3v) is 8.55. The minimum Gasteiger partial charge on any atom is -0.497 e. The molecule has 2 fully saturated rings. The van der Waals surface area contributed by atoms with Crippen LogP contribution in [0.15, 0.2) is 65.6 Å². The maximum Gasteiger partial charge on any atom is 0.410 e. The molecule has 2 aliphatic rings. The number of carbonyl (C=O) groups is 2. The molecule has 0 radical (unpaired) electrons. The number of nitrogens with one attached hydrogen (secondary N) is 1. The van der Waals surface area contributed by atoms with Crippen LogP contribution in [0.4, 0.5) is 21.0 Å². The summed E-state index contributed by atoms with van der Waals surface area (Å²) >= 11 is 0. The number of rotatable bonds is 11. The maximum absolute atomic E-state index is 11.8. The second kappa shape index (κ2) is 17.9. The minimum absolute atomic E-state index is 0.0781. The van der Waals surface area contributed by atoms with E-state index in [1.807, 2.05) is 57.2 Å². The molecule has 3 aromatic carbocycles. The van der Waals surface area contributed by atoms with E-state index >= 15 is 0 Å². The fraction of sp³-hybridized carbons (Fsp3) is 0.394. The molecule has 0 atom stereocenters. The van der Waals surface area contributed by atoms with Crippen molar-refractivity contribution in [3.8, 4) is 11.5 Å². The maximum atomic E-state index is 11.8. The van der Waals surface area contributed by atoms with E-state index < -0.39 is 16.2 Å². The number of cyclic esters (lactones) is 2. The van der Waals surface area contributed by atoms with Crippen molar-refractivity contribution in [1.82, 2.24) is 9.80 Å². The molecular formula is C33H44N4O9S. The summed E-state index contributed by atoms with van der Waals surface area (Å²) in [6.07, 6.45) is -0.657. The number of amides is 2. The van der Waals surface area contributed by atoms with Crippen LogP contribution in [-0.2, 0) is 23.8 Å². The van der Waals surface area contributed by atoms with Gasteiger partial charge < -0.3 is 39.8 Å². The van der Waals surface area contributed by atoms with Gasteiger partial charge in [0.1, 0.15) is 24.7 Å². The van der Waals surface area contributed by atoms with Crippen LogP contribution in [0.3, 0.4) is 0 Å². The van der Waals surface area contributed by atoms with E-state index in [4.69, 9.17) is 28.9 Å². The van der Waals surface area contributed by atoms with Crippen LogP contribution in [0, 0.1) is 20.8 Å². The van der Waals surface area contributed by atoms with Crippen molar-refractivity contribution >= 4 is 33.7 Å². The number of methoxy groups -OCH3 is 2. The first-order chi connectivity index (χ1) is 22.4. The molecule has 47 heavy (non-hydrogen) atoms. The standard InChI is InChI=1S/C13H18N2O3.C12H15NO5S.C8H11NO/c1-10-3-4-11(17-2)9-12(10)14-5-6-15-7-8-18-13(15)16;1-10-2-4-11(5-3-10)19(15,16)18-9-7-13-6-8-17-12(13)14;1-6-3-4-7(10-2)5-8(6)9/h3-4,9,14H,5-8H2,1-2H3;2-5H,6-9H2,1H3;3-5H,9H2,1-2H3. The lowest BCUT2D eigenvalue weighted by molar-refractivity contribution is 0.153. The monoisotopic (exact) mass is 672 g/mol. The van der Waals surface area contributed by atoms with E-state index in [2.05, 4.69) is 5.32 Å². The van der Waals surface area contributed by atoms with E-state index in [1.165, 1.54) is 17.0 Å². The fourth-order valence-corrected chi connectivity index (χ4v) is 5.18. The van der Waals surface area contributed by atoms with Gasteiger partial charge in [-0.25, -0.2) is 9.59 Å². The molecule has 3 N–H and O–H groups in total. The Kier molecular flexibility index (Phi) is 14.0. The average Bonchev–Trinajstić information content (AvgIpc) is 3.67. The summed E-state index contributed by atoms with van der Waals surface area (Å²) in [4.78, 5) is 25.6. The van der Waals surface area contributed by atoms with E-state index in [0.29, 0.717) is 39.4 Å². The topological polar surface area (TPSA) is 159 Å². The minimum atomic E-state index is -3.77. The van der Waals surface area contributed by atoms with Crippen LogP contribution >= 0.6 is 0 Å². The van der Waals surface area contributed by atoms with E-state index in [0.717, 1.165) is 39.6 Å². The van der Waals surface area contributed by atoms with Gasteiger partial charge in [-0.1, -0.05) is 29.8 Å². The van der Waals surface area contributed by atoms with Crippen LogP contribution < -0.4 is 20.5 Å². The molecule has 13 nitrogen and oxygen atoms in total. The van der Waals surface area contributed by atoms with Crippen molar-refractivity contribution in [1.29, 1.82) is 0 Å². The highest BCUT2D eigenvalue weighted by Crippen LogP contribution is 2.21. The van der Waals surface area contributed by atoms with Crippen molar-refractivity contribution in [3.05, 3.63) is 77.4 Å². The molecule has 0 aromatic heterocycles. The van der Waals surface area contributed by atoms with Gasteiger partial charge in [-0.2, -0.15) is 8.42 Å². The van der Waals surface area contributed by atoms with Gasteiger partial charge in [-0.05, 0) is 56.2 Å². The SMILES string of the molecule is COc1ccc(C)c(N)c1.COc1ccc(C)c(NCCN2CCOC2=O)c1.Cc1ccc(S(=O)(=O)OCCN2CCOC2=O)cc1. The number of aryl methyl sites for hydroxylation is 3. The highest BCUT2D eigenvalue weighted by molar-refractivity contribution is 7.86. The number of carbonyl (C=O) groups excluding carboxylic acids is 2. The smallest absolute Gasteiger partial charge is 0.410 e. The fourth-order valence-electron chi connectivity index (χ4n) is 4.28. The first-order valence-corrected chi connectivity index (χ1v) is 16.4. The van der Waals surface area contributed by atoms with Crippen molar-refractivity contribution in [2.45, 2.75) is 25.7 Å². The van der Waals surface area contributed by atoms with Gasteiger partial charge in [0.05, 0.1) is 38.8 Å². The zero-order chi connectivity index (χ0) is 34.4. The number of hydrogen-bond acceptors (Lipinski definition) is 11. The normalized spacial score (nSPS) is 13.9. The molecule has 2 saturated heterocycles. The van der Waals surface area contributed by atoms with E-state index in [-0.39, 0.29) is 24.1 Å². The van der Waals surface area contributed by atoms with Gasteiger partial charge in [0.15, 0.2) is 0 Å². The van der Waals surface area contributed by atoms with Crippen molar-refractivity contribution in [2.24, 2.45) is 0 Å². The van der Waals surface area contributed by atoms with E-state index in [1.54, 1.807) is 31.3 Å². The molecule has 2 amide bonds. The zero-order valence-electron chi connectivity index (χ0n) is 27.5. The van der Waals surface area contributed by atoms with Crippen molar-refractivity contribution < 1.29 is 41.1 Å². The van der Waals surface area contributed by atoms with Gasteiger partial charge in [0.25, 0.3) is 10.1 Å². The van der Waals surface area contributed by atoms with Gasteiger partial charge >= 0.3 is 12.2 Å². The molecule has 2 heterocycles. The summed E-state index contributed by atoms with van der Waals surface area (Å²) in [5, 5.41) is 3.31. The Bertz CT molecular complexity index is 1580. The highest BCUT2D eigenvalue weighted by Gasteiger charge is 2.23. The highest BCUT2D eigenvalue weighted by atomic mass is 32.2. The molecule has 2 aliphatic heterocycles. The molecule has 14 heteroatoms. The number of anilines is 2. The molecule has 0 unspecified atom stereocenters. The van der Waals surface area contributed by atoms with Crippen LogP contribution in [0.1, 0.15) is 16.7 Å². The van der Waals surface area contributed by atoms with Crippen LogP contribution in [0.25, 0.3) is 0 Å². The summed E-state index contributed by atoms with van der Waals surface area (Å²) < 4.78 is 48.3. The molecule has 0 spiro atoms. The Hall–Kier alpha value is -4.69. The summed E-state index contributed by atoms with van der Waals surface area (Å²) in [6.45, 7) is 9.32. The molecule has 0 bridgehead atoms. The summed E-state index contributed by atoms with van der Waals surface area (Å²) in [6, 6.07) is 17.9. The molecule has 3 aromatic rings. The zero-order valence-corrected chi connectivity index (χ0v) is 28.3. The predicted molar refractivity (Wildman–Crippen MR) is 179 cm³/mol. The lowest BCUT2D eigenvalue weighted by Crippen LogP contribution is -2.29. The third-order valence-electron chi connectivity index (χ3n) is 7.23. The summed E-state index contributed by atoms with van der Waals surface area (Å²) in [5.41, 5.74) is 10.6. The molecule has 0 aliphatic carbocycles. The van der Waals surface area contributed by atoms with Gasteiger partial charge in [-0.3, -0.25) is 4.18 Å². The van der Waals surface area contributed by atoms with Crippen LogP contribution in [-0.4, -0.2) is 97.2 Å².